The fourth-order valence-electron chi connectivity index (χ4n) is 2.20. The summed E-state index contributed by atoms with van der Waals surface area (Å²) in [5.41, 5.74) is 0.648. The maximum absolute atomic E-state index is 10.3. The molecule has 0 fully saturated rings. The van der Waals surface area contributed by atoms with Crippen molar-refractivity contribution in [2.45, 2.75) is 26.4 Å². The maximum atomic E-state index is 10.3. The summed E-state index contributed by atoms with van der Waals surface area (Å²) in [6, 6.07) is 5.02. The van der Waals surface area contributed by atoms with Gasteiger partial charge in [0, 0.05) is 40.6 Å². The van der Waals surface area contributed by atoms with Crippen LogP contribution < -0.4 is 10.6 Å². The third kappa shape index (κ3) is 7.96. The van der Waals surface area contributed by atoms with Gasteiger partial charge in [-0.05, 0) is 37.6 Å². The van der Waals surface area contributed by atoms with E-state index in [1.54, 1.807) is 29.5 Å². The van der Waals surface area contributed by atoms with Crippen LogP contribution in [0.25, 0.3) is 0 Å². The second-order valence-corrected chi connectivity index (χ2v) is 7.67. The molecule has 0 aliphatic carbocycles. The molecule has 0 spiro atoms. The number of nitrogens with one attached hydrogen (secondary N) is 2. The summed E-state index contributed by atoms with van der Waals surface area (Å²) < 4.78 is 0. The van der Waals surface area contributed by atoms with Crippen molar-refractivity contribution in [1.82, 2.24) is 15.6 Å². The van der Waals surface area contributed by atoms with Crippen molar-refractivity contribution in [3.05, 3.63) is 49.9 Å². The number of rotatable bonds is 7. The first-order chi connectivity index (χ1) is 12.0. The monoisotopic (exact) mass is 528 g/mol. The van der Waals surface area contributed by atoms with Crippen molar-refractivity contribution in [2.24, 2.45) is 4.99 Å². The zero-order chi connectivity index (χ0) is 18.2. The molecule has 2 rings (SSSR count). The minimum absolute atomic E-state index is 0. The standard InChI is InChI=1S/C17H22Cl2N4OS.HI/c1-3-20-17(21-5-4-16-22-9-11(2)25-16)23-10-15(24)12-6-13(18)8-14(19)7-12;/h6-9,15,24H,3-5,10H2,1-2H3,(H2,20,21,23);1H. The third-order valence-electron chi connectivity index (χ3n) is 3.34. The predicted molar refractivity (Wildman–Crippen MR) is 121 cm³/mol. The van der Waals surface area contributed by atoms with Crippen LogP contribution in [0.4, 0.5) is 0 Å². The van der Waals surface area contributed by atoms with Crippen molar-refractivity contribution >= 4 is 64.5 Å². The Morgan fingerprint density at radius 1 is 1.27 bits per heavy atom. The molecular weight excluding hydrogens is 506 g/mol. The summed E-state index contributed by atoms with van der Waals surface area (Å²) in [4.78, 5) is 9.98. The van der Waals surface area contributed by atoms with Gasteiger partial charge in [-0.1, -0.05) is 23.2 Å². The van der Waals surface area contributed by atoms with Gasteiger partial charge in [-0.2, -0.15) is 0 Å². The number of benzene rings is 1. The molecule has 0 saturated heterocycles. The molecule has 26 heavy (non-hydrogen) atoms. The van der Waals surface area contributed by atoms with Gasteiger partial charge < -0.3 is 15.7 Å². The van der Waals surface area contributed by atoms with Gasteiger partial charge in [0.15, 0.2) is 5.96 Å². The molecule has 5 nitrogen and oxygen atoms in total. The van der Waals surface area contributed by atoms with Gasteiger partial charge in [-0.3, -0.25) is 4.99 Å². The first-order valence-corrected chi connectivity index (χ1v) is 9.62. The number of thiazole rings is 1. The highest BCUT2D eigenvalue weighted by Gasteiger charge is 2.10. The Labute approximate surface area is 185 Å². The maximum Gasteiger partial charge on any atom is 0.191 e. The van der Waals surface area contributed by atoms with E-state index in [2.05, 4.69) is 20.6 Å². The fraction of sp³-hybridized carbons (Fsp3) is 0.412. The summed E-state index contributed by atoms with van der Waals surface area (Å²) in [6.45, 7) is 5.71. The minimum Gasteiger partial charge on any atom is -0.386 e. The van der Waals surface area contributed by atoms with E-state index in [1.807, 2.05) is 20.0 Å². The van der Waals surface area contributed by atoms with Gasteiger partial charge in [0.05, 0.1) is 17.7 Å². The largest absolute Gasteiger partial charge is 0.386 e. The van der Waals surface area contributed by atoms with Crippen LogP contribution in [0, 0.1) is 6.92 Å². The lowest BCUT2D eigenvalue weighted by Gasteiger charge is -2.13. The molecule has 1 unspecified atom stereocenters. The number of aliphatic imine (C=N–C) groups is 1. The van der Waals surface area contributed by atoms with Gasteiger partial charge in [0.1, 0.15) is 0 Å². The normalized spacial score (nSPS) is 12.4. The van der Waals surface area contributed by atoms with E-state index in [1.165, 1.54) is 4.88 Å². The Morgan fingerprint density at radius 3 is 2.54 bits per heavy atom. The van der Waals surface area contributed by atoms with E-state index < -0.39 is 6.10 Å². The van der Waals surface area contributed by atoms with Crippen molar-refractivity contribution < 1.29 is 5.11 Å². The van der Waals surface area contributed by atoms with Gasteiger partial charge in [0.25, 0.3) is 0 Å². The van der Waals surface area contributed by atoms with Crippen molar-refractivity contribution in [3.63, 3.8) is 0 Å². The van der Waals surface area contributed by atoms with E-state index in [-0.39, 0.29) is 30.5 Å². The lowest BCUT2D eigenvalue weighted by molar-refractivity contribution is 0.187. The number of hydrogen-bond acceptors (Lipinski definition) is 4. The van der Waals surface area contributed by atoms with Crippen molar-refractivity contribution in [2.75, 3.05) is 19.6 Å². The lowest BCUT2D eigenvalue weighted by Crippen LogP contribution is -2.38. The SMILES string of the molecule is CCNC(=NCC(O)c1cc(Cl)cc(Cl)c1)NCCc1ncc(C)s1.I. The van der Waals surface area contributed by atoms with Crippen LogP contribution in [-0.4, -0.2) is 35.7 Å². The lowest BCUT2D eigenvalue weighted by atomic mass is 10.1. The number of aliphatic hydroxyl groups excluding tert-OH is 1. The first-order valence-electron chi connectivity index (χ1n) is 8.05. The Hall–Kier alpha value is -0.610. The van der Waals surface area contributed by atoms with Crippen LogP contribution in [0.1, 0.15) is 28.5 Å². The second kappa shape index (κ2) is 12.0. The van der Waals surface area contributed by atoms with Gasteiger partial charge in [-0.15, -0.1) is 35.3 Å². The highest BCUT2D eigenvalue weighted by atomic mass is 127. The zero-order valence-electron chi connectivity index (χ0n) is 14.6. The summed E-state index contributed by atoms with van der Waals surface area (Å²) in [6.07, 6.45) is 1.94. The summed E-state index contributed by atoms with van der Waals surface area (Å²) in [7, 11) is 0. The first kappa shape index (κ1) is 23.4. The molecule has 0 aliphatic rings. The fourth-order valence-corrected chi connectivity index (χ4v) is 3.53. The Balaban J connectivity index is 0.00000338. The van der Waals surface area contributed by atoms with Crippen molar-refractivity contribution in [1.29, 1.82) is 0 Å². The summed E-state index contributed by atoms with van der Waals surface area (Å²) >= 11 is 13.6. The minimum atomic E-state index is -0.770. The van der Waals surface area contributed by atoms with E-state index >= 15 is 0 Å². The topological polar surface area (TPSA) is 69.5 Å². The number of guanidine groups is 1. The predicted octanol–water partition coefficient (Wildman–Crippen LogP) is 4.21. The average molecular weight is 529 g/mol. The van der Waals surface area contributed by atoms with E-state index in [9.17, 15) is 5.11 Å². The van der Waals surface area contributed by atoms with Crippen LogP contribution >= 0.6 is 58.5 Å². The number of halogens is 3. The van der Waals surface area contributed by atoms with E-state index in [0.717, 1.165) is 24.5 Å². The molecule has 144 valence electrons. The highest BCUT2D eigenvalue weighted by molar-refractivity contribution is 14.0. The second-order valence-electron chi connectivity index (χ2n) is 5.48. The van der Waals surface area contributed by atoms with E-state index in [4.69, 9.17) is 23.2 Å². The summed E-state index contributed by atoms with van der Waals surface area (Å²) in [5, 5.41) is 18.8. The summed E-state index contributed by atoms with van der Waals surface area (Å²) in [5.74, 6) is 0.656. The molecule has 0 radical (unpaired) electrons. The van der Waals surface area contributed by atoms with Crippen LogP contribution in [0.2, 0.25) is 10.0 Å². The van der Waals surface area contributed by atoms with Gasteiger partial charge in [0.2, 0.25) is 0 Å². The van der Waals surface area contributed by atoms with Crippen molar-refractivity contribution in [3.8, 4) is 0 Å². The molecule has 0 amide bonds. The van der Waals surface area contributed by atoms with Crippen LogP contribution in [0.5, 0.6) is 0 Å². The molecule has 3 N–H and O–H groups in total. The Morgan fingerprint density at radius 2 is 1.96 bits per heavy atom. The number of hydrogen-bond donors (Lipinski definition) is 3. The van der Waals surface area contributed by atoms with Crippen LogP contribution in [0.3, 0.4) is 0 Å². The molecule has 0 bridgehead atoms. The van der Waals surface area contributed by atoms with Crippen LogP contribution in [-0.2, 0) is 6.42 Å². The van der Waals surface area contributed by atoms with Gasteiger partial charge in [-0.25, -0.2) is 4.98 Å². The molecule has 0 aliphatic heterocycles. The van der Waals surface area contributed by atoms with E-state index in [0.29, 0.717) is 21.6 Å². The number of aromatic nitrogens is 1. The number of aryl methyl sites for hydroxylation is 1. The molecule has 1 aromatic heterocycles. The third-order valence-corrected chi connectivity index (χ3v) is 4.75. The molecule has 2 aromatic rings. The Bertz CT molecular complexity index is 706. The van der Waals surface area contributed by atoms with Gasteiger partial charge >= 0.3 is 0 Å². The average Bonchev–Trinajstić information content (AvgIpc) is 2.96. The molecule has 9 heteroatoms. The number of nitrogens with zero attached hydrogens (tertiary/aromatic N) is 2. The zero-order valence-corrected chi connectivity index (χ0v) is 19.3. The molecule has 1 heterocycles. The molecular formula is C17H23Cl2IN4OS. The highest BCUT2D eigenvalue weighted by Crippen LogP contribution is 2.23. The smallest absolute Gasteiger partial charge is 0.191 e. The Kier molecular flexibility index (Phi) is 10.8. The number of aliphatic hydroxyl groups is 1. The molecule has 1 aromatic carbocycles. The molecule has 0 saturated carbocycles. The molecule has 1 atom stereocenters. The quantitative estimate of drug-likeness (QED) is 0.286. The van der Waals surface area contributed by atoms with Crippen LogP contribution in [0.15, 0.2) is 29.4 Å².